The number of nitrogens with one attached hydrogen (secondary N) is 3. The van der Waals surface area contributed by atoms with Crippen LogP contribution in [-0.2, 0) is 73.9 Å². The quantitative estimate of drug-likeness (QED) is 0.0909. The summed E-state index contributed by atoms with van der Waals surface area (Å²) in [6, 6.07) is 17.6. The van der Waals surface area contributed by atoms with Crippen molar-refractivity contribution in [2.45, 2.75) is 225 Å². The maximum atomic E-state index is 11.6. The summed E-state index contributed by atoms with van der Waals surface area (Å²) in [5, 5.41) is 56.5. The van der Waals surface area contributed by atoms with Crippen molar-refractivity contribution in [2.75, 3.05) is 74.0 Å². The molecular weight excluding hydrogens is 1040 g/mol. The average molecular weight is 1160 g/mol. The number of hydrogen-bond acceptors (Lipinski definition) is 11. The molecule has 0 radical (unpaired) electrons. The number of benzene rings is 4. The van der Waals surface area contributed by atoms with E-state index >= 15 is 0 Å². The van der Waals surface area contributed by atoms with Crippen molar-refractivity contribution in [1.29, 1.82) is 0 Å². The zero-order valence-corrected chi connectivity index (χ0v) is 57.7. The van der Waals surface area contributed by atoms with E-state index in [0.717, 1.165) is 110 Å². The van der Waals surface area contributed by atoms with Crippen molar-refractivity contribution in [2.24, 2.45) is 21.7 Å². The van der Waals surface area contributed by atoms with Crippen molar-refractivity contribution in [1.82, 2.24) is 35.6 Å². The molecule has 8 bridgehead atoms. The van der Waals surface area contributed by atoms with Crippen LogP contribution in [0.2, 0.25) is 0 Å². The molecule has 472 valence electrons. The van der Waals surface area contributed by atoms with E-state index < -0.39 is 0 Å². The van der Waals surface area contributed by atoms with E-state index in [1.165, 1.54) is 22.3 Å². The number of fused-ring (bicyclic) bond motifs is 8. The molecule has 0 aliphatic carbocycles. The van der Waals surface area contributed by atoms with Crippen molar-refractivity contribution >= 4 is 0 Å². The van der Waals surface area contributed by atoms with Gasteiger partial charge in [0, 0.05) is 131 Å². The molecule has 84 heavy (non-hydrogen) atoms. The monoisotopic (exact) mass is 1160 g/mol. The number of phenols is 4. The van der Waals surface area contributed by atoms with Gasteiger partial charge in [0.05, 0.1) is 0 Å². The largest absolute Gasteiger partial charge is 0.507 e. The standard InChI is InChI=1S/C38H64N4O2.C35H57N3O2/c1-35(2,3)31-15-27-19-39(11)23-37(7,8)25-41(13)21-29-17-32(36(4,5)6)18-30(34(29)44)22-42(14)26-38(9,10)24-40(12)20-28(16-31)33(27)43;1-32(2,3)28-14-24-12-11-13-34(7,8)21-36-19-26-16-29(33(4,5)6)17-27(31(26)40)20-38-23-35(9,10)22-37-18-25(15-28)30(24)39/h15-18,43-44H,19-26H2,1-14H3;14-17,36-40H,11-13,18-23H2,1-10H3. The first-order valence-corrected chi connectivity index (χ1v) is 31.6. The van der Waals surface area contributed by atoms with Gasteiger partial charge in [-0.05, 0) is 119 Å². The molecule has 7 N–H and O–H groups in total. The van der Waals surface area contributed by atoms with E-state index in [1.807, 2.05) is 0 Å². The lowest BCUT2D eigenvalue weighted by atomic mass is 9.82. The van der Waals surface area contributed by atoms with Gasteiger partial charge >= 0.3 is 0 Å². The zero-order valence-electron chi connectivity index (χ0n) is 57.7. The molecule has 6 rings (SSSR count). The van der Waals surface area contributed by atoms with Gasteiger partial charge < -0.3 is 56.0 Å². The topological polar surface area (TPSA) is 130 Å². The lowest BCUT2D eigenvalue weighted by Crippen LogP contribution is -2.40. The first-order valence-electron chi connectivity index (χ1n) is 31.6. The van der Waals surface area contributed by atoms with Crippen LogP contribution in [0.15, 0.2) is 48.5 Å². The van der Waals surface area contributed by atoms with Gasteiger partial charge in [0.15, 0.2) is 0 Å². The minimum Gasteiger partial charge on any atom is -0.507 e. The molecule has 0 fully saturated rings. The van der Waals surface area contributed by atoms with Crippen LogP contribution in [0, 0.1) is 21.7 Å². The Labute approximate surface area is 512 Å². The van der Waals surface area contributed by atoms with Crippen molar-refractivity contribution < 1.29 is 20.4 Å². The van der Waals surface area contributed by atoms with Gasteiger partial charge in [0.1, 0.15) is 23.0 Å². The molecular formula is C73H121N7O4. The molecule has 0 unspecified atom stereocenters. The van der Waals surface area contributed by atoms with Crippen molar-refractivity contribution in [3.8, 4) is 23.0 Å². The van der Waals surface area contributed by atoms with Crippen LogP contribution in [0.25, 0.3) is 0 Å². The van der Waals surface area contributed by atoms with Gasteiger partial charge in [0.25, 0.3) is 0 Å². The van der Waals surface area contributed by atoms with Gasteiger partial charge in [0.2, 0.25) is 0 Å². The SMILES string of the molecule is CC1(C)CCCc2cc(C(C)(C)C)cc(c2O)CNCC(C)(C)CNCc2cc(C(C)(C)C)cc(c2O)CNC1.CN1Cc2cc(C(C)(C)C)cc(c2O)CN(C)CC(C)(C)CN(C)Cc2cc(C(C)(C)C)cc(c2O)CN(C)CC(C)(C)C1. The van der Waals surface area contributed by atoms with E-state index in [-0.39, 0.29) is 43.3 Å². The van der Waals surface area contributed by atoms with Crippen LogP contribution >= 0.6 is 0 Å². The third-order valence-corrected chi connectivity index (χ3v) is 17.1. The summed E-state index contributed by atoms with van der Waals surface area (Å²) in [7, 11) is 8.64. The summed E-state index contributed by atoms with van der Waals surface area (Å²) < 4.78 is 0. The Morgan fingerprint density at radius 1 is 0.333 bits per heavy atom. The molecule has 11 heteroatoms. The van der Waals surface area contributed by atoms with Gasteiger partial charge in [-0.25, -0.2) is 0 Å². The Hall–Kier alpha value is -4.20. The number of nitrogens with zero attached hydrogens (tertiary/aromatic N) is 4. The fourth-order valence-corrected chi connectivity index (χ4v) is 12.8. The maximum absolute atomic E-state index is 11.6. The summed E-state index contributed by atoms with van der Waals surface area (Å²) in [6.07, 6.45) is 2.92. The summed E-state index contributed by atoms with van der Waals surface area (Å²) in [6.45, 7) is 55.9. The fourth-order valence-electron chi connectivity index (χ4n) is 12.8. The van der Waals surface area contributed by atoms with Crippen molar-refractivity contribution in [3.63, 3.8) is 0 Å². The molecule has 2 heterocycles. The second-order valence-electron chi connectivity index (χ2n) is 33.6. The minimum atomic E-state index is -0.0135. The molecule has 0 amide bonds. The Bertz CT molecular complexity index is 2490. The van der Waals surface area contributed by atoms with E-state index in [2.05, 4.69) is 251 Å². The molecule has 2 aliphatic heterocycles. The molecule has 0 saturated carbocycles. The number of hydrogen-bond donors (Lipinski definition) is 7. The Kier molecular flexibility index (Phi) is 23.1. The third-order valence-electron chi connectivity index (χ3n) is 17.1. The molecule has 0 atom stereocenters. The van der Waals surface area contributed by atoms with Crippen LogP contribution < -0.4 is 16.0 Å². The minimum absolute atomic E-state index is 0.00170. The van der Waals surface area contributed by atoms with E-state index in [0.29, 0.717) is 68.8 Å². The predicted octanol–water partition coefficient (Wildman–Crippen LogP) is 14.2. The number of rotatable bonds is 0. The molecule has 2 aliphatic rings. The highest BCUT2D eigenvalue weighted by Gasteiger charge is 2.30. The van der Waals surface area contributed by atoms with E-state index in [4.69, 9.17) is 0 Å². The highest BCUT2D eigenvalue weighted by Crippen LogP contribution is 2.39. The van der Waals surface area contributed by atoms with Crippen LogP contribution in [0.3, 0.4) is 0 Å². The van der Waals surface area contributed by atoms with Crippen LogP contribution in [0.5, 0.6) is 23.0 Å². The first-order chi connectivity index (χ1) is 38.3. The van der Waals surface area contributed by atoms with Crippen LogP contribution in [0.1, 0.15) is 218 Å². The lowest BCUT2D eigenvalue weighted by Gasteiger charge is -2.36. The average Bonchev–Trinajstić information content (AvgIpc) is 3.47. The van der Waals surface area contributed by atoms with Gasteiger partial charge in [-0.2, -0.15) is 0 Å². The Balaban J connectivity index is 0.000000309. The molecule has 11 nitrogen and oxygen atoms in total. The van der Waals surface area contributed by atoms with Crippen LogP contribution in [-0.4, -0.2) is 114 Å². The molecule has 4 aromatic carbocycles. The molecule has 0 aromatic heterocycles. The molecule has 0 spiro atoms. The number of phenolic OH excluding ortho intramolecular Hbond substituents is 4. The summed E-state index contributed by atoms with van der Waals surface area (Å²) >= 11 is 0. The first kappa shape index (κ1) is 70.6. The Morgan fingerprint density at radius 2 is 0.560 bits per heavy atom. The highest BCUT2D eigenvalue weighted by molar-refractivity contribution is 5.49. The van der Waals surface area contributed by atoms with E-state index in [9.17, 15) is 20.4 Å². The number of aryl methyl sites for hydroxylation is 1. The van der Waals surface area contributed by atoms with Crippen LogP contribution in [0.4, 0.5) is 0 Å². The molecule has 0 saturated heterocycles. The second kappa shape index (κ2) is 27.5. The maximum Gasteiger partial charge on any atom is 0.124 e. The third kappa shape index (κ3) is 21.0. The summed E-state index contributed by atoms with van der Waals surface area (Å²) in [4.78, 5) is 9.37. The van der Waals surface area contributed by atoms with Gasteiger partial charge in [-0.15, -0.1) is 0 Å². The smallest absolute Gasteiger partial charge is 0.124 e. The predicted molar refractivity (Wildman–Crippen MR) is 356 cm³/mol. The summed E-state index contributed by atoms with van der Waals surface area (Å²) in [5.74, 6) is 1.71. The summed E-state index contributed by atoms with van der Waals surface area (Å²) in [5.41, 5.74) is 13.1. The normalized spacial score (nSPS) is 20.3. The molecule has 4 aromatic rings. The van der Waals surface area contributed by atoms with Gasteiger partial charge in [-0.1, -0.05) is 187 Å². The number of aromatic hydroxyl groups is 4. The second-order valence-corrected chi connectivity index (χ2v) is 33.6. The van der Waals surface area contributed by atoms with E-state index in [1.54, 1.807) is 0 Å². The van der Waals surface area contributed by atoms with Gasteiger partial charge in [-0.3, -0.25) is 0 Å². The lowest BCUT2D eigenvalue weighted by molar-refractivity contribution is 0.139. The zero-order chi connectivity index (χ0) is 63.3. The Morgan fingerprint density at radius 3 is 0.833 bits per heavy atom. The highest BCUT2D eigenvalue weighted by atomic mass is 16.3. The van der Waals surface area contributed by atoms with Crippen molar-refractivity contribution in [3.05, 3.63) is 115 Å². The fraction of sp³-hybridized carbons (Fsp3) is 0.671.